The number of hydrogen-bond acceptors (Lipinski definition) is 6. The number of nitrogens with one attached hydrogen (secondary N) is 2. The minimum Gasteiger partial charge on any atom is -0.462 e. The molecule has 1 aromatic carbocycles. The van der Waals surface area contributed by atoms with Gasteiger partial charge >= 0.3 is 5.97 Å². The van der Waals surface area contributed by atoms with Gasteiger partial charge in [0.2, 0.25) is 0 Å². The van der Waals surface area contributed by atoms with Crippen LogP contribution in [0.3, 0.4) is 0 Å². The molecule has 0 aliphatic rings. The fourth-order valence-corrected chi connectivity index (χ4v) is 2.37. The second-order valence-corrected chi connectivity index (χ2v) is 5.74. The van der Waals surface area contributed by atoms with Crippen molar-refractivity contribution in [3.8, 4) is 0 Å². The summed E-state index contributed by atoms with van der Waals surface area (Å²) >= 11 is 0. The third kappa shape index (κ3) is 6.06. The number of anilines is 3. The molecule has 0 aliphatic heterocycles. The molecule has 0 saturated carbocycles. The Balaban J connectivity index is 2.01. The van der Waals surface area contributed by atoms with E-state index >= 15 is 0 Å². The molecule has 0 spiro atoms. The summed E-state index contributed by atoms with van der Waals surface area (Å²) in [5, 5.41) is 6.57. The lowest BCUT2D eigenvalue weighted by Crippen LogP contribution is -2.06. The minimum atomic E-state index is -0.314. The first-order valence-corrected chi connectivity index (χ1v) is 8.76. The Morgan fingerprint density at radius 3 is 2.48 bits per heavy atom. The molecule has 2 N–H and O–H groups in total. The van der Waals surface area contributed by atoms with Crippen molar-refractivity contribution in [1.29, 1.82) is 0 Å². The van der Waals surface area contributed by atoms with E-state index in [1.165, 1.54) is 12.8 Å². The second-order valence-electron chi connectivity index (χ2n) is 5.74. The highest BCUT2D eigenvalue weighted by molar-refractivity contribution is 5.89. The van der Waals surface area contributed by atoms with Gasteiger partial charge in [0.1, 0.15) is 17.5 Å². The van der Waals surface area contributed by atoms with Crippen LogP contribution in [0.25, 0.3) is 0 Å². The number of carbonyl (C=O) groups is 1. The van der Waals surface area contributed by atoms with Crippen molar-refractivity contribution in [3.05, 3.63) is 41.7 Å². The maximum Gasteiger partial charge on any atom is 0.338 e. The summed E-state index contributed by atoms with van der Waals surface area (Å²) in [4.78, 5) is 20.5. The largest absolute Gasteiger partial charge is 0.462 e. The Kier molecular flexibility index (Phi) is 7.19. The fourth-order valence-electron chi connectivity index (χ4n) is 2.37. The van der Waals surface area contributed by atoms with Crippen molar-refractivity contribution < 1.29 is 9.53 Å². The van der Waals surface area contributed by atoms with Crippen LogP contribution >= 0.6 is 0 Å². The highest BCUT2D eigenvalue weighted by atomic mass is 16.5. The Morgan fingerprint density at radius 1 is 1.08 bits per heavy atom. The van der Waals surface area contributed by atoms with E-state index in [1.54, 1.807) is 19.1 Å². The van der Waals surface area contributed by atoms with Crippen molar-refractivity contribution >= 4 is 23.3 Å². The molecule has 0 atom stereocenters. The quantitative estimate of drug-likeness (QED) is 0.522. The molecule has 0 fully saturated rings. The first-order chi connectivity index (χ1) is 12.1. The number of aryl methyl sites for hydroxylation is 1. The predicted molar refractivity (Wildman–Crippen MR) is 100 cm³/mol. The number of carbonyl (C=O) groups excluding carboxylic acids is 1. The number of esters is 1. The van der Waals surface area contributed by atoms with Crippen molar-refractivity contribution in [2.24, 2.45) is 0 Å². The normalized spacial score (nSPS) is 10.4. The summed E-state index contributed by atoms with van der Waals surface area (Å²) < 4.78 is 4.98. The standard InChI is InChI=1S/C19H26N4O2/c1-4-6-7-12-20-17-13-18(22-14(3)21-17)23-16-10-8-15(9-11-16)19(24)25-5-2/h8-11,13H,4-7,12H2,1-3H3,(H2,20,21,22,23). The van der Waals surface area contributed by atoms with E-state index in [0.29, 0.717) is 18.0 Å². The van der Waals surface area contributed by atoms with E-state index in [1.807, 2.05) is 25.1 Å². The van der Waals surface area contributed by atoms with Gasteiger partial charge in [-0.1, -0.05) is 19.8 Å². The lowest BCUT2D eigenvalue weighted by molar-refractivity contribution is 0.0526. The Hall–Kier alpha value is -2.63. The summed E-state index contributed by atoms with van der Waals surface area (Å²) in [6.07, 6.45) is 3.52. The van der Waals surface area contributed by atoms with Gasteiger partial charge in [0, 0.05) is 18.3 Å². The van der Waals surface area contributed by atoms with Crippen LogP contribution in [0.2, 0.25) is 0 Å². The fraction of sp³-hybridized carbons (Fsp3) is 0.421. The molecule has 1 heterocycles. The van der Waals surface area contributed by atoms with Crippen LogP contribution in [0.5, 0.6) is 0 Å². The van der Waals surface area contributed by atoms with E-state index in [4.69, 9.17) is 4.74 Å². The lowest BCUT2D eigenvalue weighted by Gasteiger charge is -2.10. The number of aromatic nitrogens is 2. The van der Waals surface area contributed by atoms with E-state index < -0.39 is 0 Å². The van der Waals surface area contributed by atoms with Gasteiger partial charge in [-0.15, -0.1) is 0 Å². The third-order valence-electron chi connectivity index (χ3n) is 3.59. The zero-order valence-electron chi connectivity index (χ0n) is 15.1. The first-order valence-electron chi connectivity index (χ1n) is 8.76. The SMILES string of the molecule is CCCCCNc1cc(Nc2ccc(C(=O)OCC)cc2)nc(C)n1. The Morgan fingerprint density at radius 2 is 1.80 bits per heavy atom. The highest BCUT2D eigenvalue weighted by Crippen LogP contribution is 2.18. The van der Waals surface area contributed by atoms with Gasteiger partial charge < -0.3 is 15.4 Å². The summed E-state index contributed by atoms with van der Waals surface area (Å²) in [5.74, 6) is 1.92. The van der Waals surface area contributed by atoms with E-state index in [-0.39, 0.29) is 5.97 Å². The number of hydrogen-bond donors (Lipinski definition) is 2. The minimum absolute atomic E-state index is 0.314. The van der Waals surface area contributed by atoms with Gasteiger partial charge in [0.15, 0.2) is 0 Å². The van der Waals surface area contributed by atoms with Crippen molar-refractivity contribution in [3.63, 3.8) is 0 Å². The summed E-state index contributed by atoms with van der Waals surface area (Å²) in [7, 11) is 0. The molecular weight excluding hydrogens is 316 g/mol. The van der Waals surface area contributed by atoms with E-state index in [2.05, 4.69) is 27.5 Å². The molecular formula is C19H26N4O2. The number of ether oxygens (including phenoxy) is 1. The molecule has 1 aromatic heterocycles. The maximum atomic E-state index is 11.7. The van der Waals surface area contributed by atoms with Gasteiger partial charge in [0.05, 0.1) is 12.2 Å². The summed E-state index contributed by atoms with van der Waals surface area (Å²) in [5.41, 5.74) is 1.38. The zero-order valence-corrected chi connectivity index (χ0v) is 15.1. The monoisotopic (exact) mass is 342 g/mol. The maximum absolute atomic E-state index is 11.7. The number of rotatable bonds is 9. The first kappa shape index (κ1) is 18.7. The Labute approximate surface area is 149 Å². The molecule has 2 aromatic rings. The van der Waals surface area contributed by atoms with E-state index in [9.17, 15) is 4.79 Å². The molecule has 0 bridgehead atoms. The van der Waals surface area contributed by atoms with Gasteiger partial charge in [-0.25, -0.2) is 14.8 Å². The van der Waals surface area contributed by atoms with Gasteiger partial charge in [-0.3, -0.25) is 0 Å². The molecule has 0 unspecified atom stereocenters. The second kappa shape index (κ2) is 9.61. The van der Waals surface area contributed by atoms with Crippen LogP contribution in [0.15, 0.2) is 30.3 Å². The van der Waals surface area contributed by atoms with Gasteiger partial charge in [-0.05, 0) is 44.5 Å². The summed E-state index contributed by atoms with van der Waals surface area (Å²) in [6.45, 7) is 7.11. The van der Waals surface area contributed by atoms with Crippen LogP contribution in [-0.4, -0.2) is 29.1 Å². The molecule has 25 heavy (non-hydrogen) atoms. The number of unbranched alkanes of at least 4 members (excludes halogenated alkanes) is 2. The van der Waals surface area contributed by atoms with E-state index in [0.717, 1.165) is 30.3 Å². The number of nitrogens with zero attached hydrogens (tertiary/aromatic N) is 2. The van der Waals surface area contributed by atoms with Gasteiger partial charge in [-0.2, -0.15) is 0 Å². The topological polar surface area (TPSA) is 76.1 Å². The zero-order chi connectivity index (χ0) is 18.1. The van der Waals surface area contributed by atoms with Crippen LogP contribution < -0.4 is 10.6 Å². The predicted octanol–water partition coefficient (Wildman–Crippen LogP) is 4.31. The van der Waals surface area contributed by atoms with Crippen molar-refractivity contribution in [2.45, 2.75) is 40.0 Å². The van der Waals surface area contributed by atoms with Crippen LogP contribution in [0.4, 0.5) is 17.3 Å². The lowest BCUT2D eigenvalue weighted by atomic mass is 10.2. The third-order valence-corrected chi connectivity index (χ3v) is 3.59. The molecule has 0 aliphatic carbocycles. The average molecular weight is 342 g/mol. The van der Waals surface area contributed by atoms with Crippen LogP contribution in [0, 0.1) is 6.92 Å². The molecule has 2 rings (SSSR count). The Bertz CT molecular complexity index is 686. The smallest absolute Gasteiger partial charge is 0.338 e. The molecule has 0 saturated heterocycles. The molecule has 6 nitrogen and oxygen atoms in total. The average Bonchev–Trinajstić information content (AvgIpc) is 2.59. The van der Waals surface area contributed by atoms with Crippen LogP contribution in [-0.2, 0) is 4.74 Å². The molecule has 0 radical (unpaired) electrons. The number of benzene rings is 1. The van der Waals surface area contributed by atoms with Crippen molar-refractivity contribution in [1.82, 2.24) is 9.97 Å². The van der Waals surface area contributed by atoms with Gasteiger partial charge in [0.25, 0.3) is 0 Å². The van der Waals surface area contributed by atoms with Crippen LogP contribution in [0.1, 0.15) is 49.3 Å². The molecule has 0 amide bonds. The summed E-state index contributed by atoms with van der Waals surface area (Å²) in [6, 6.07) is 9.02. The van der Waals surface area contributed by atoms with Crippen molar-refractivity contribution in [2.75, 3.05) is 23.8 Å². The molecule has 6 heteroatoms. The highest BCUT2D eigenvalue weighted by Gasteiger charge is 2.07. The molecule has 134 valence electrons.